The first kappa shape index (κ1) is 21.1. The molecule has 0 spiro atoms. The number of aliphatic hydroxyl groups is 1. The number of benzene rings is 2. The molecule has 2 atom stereocenters. The number of hydrogen-bond donors (Lipinski definition) is 1. The molecule has 1 aliphatic carbocycles. The molecule has 168 valence electrons. The minimum absolute atomic E-state index is 0.00875. The van der Waals surface area contributed by atoms with E-state index in [-0.39, 0.29) is 24.4 Å². The molecule has 1 N–H and O–H groups in total. The highest BCUT2D eigenvalue weighted by Gasteiger charge is 2.46. The number of carbonyl (C=O) groups is 1. The Balaban J connectivity index is 1.55. The molecule has 1 aliphatic rings. The van der Waals surface area contributed by atoms with Gasteiger partial charge in [-0.2, -0.15) is 5.10 Å². The Kier molecular flexibility index (Phi) is 5.51. The largest absolute Gasteiger partial charge is 0.462 e. The molecular weight excluding hydrogens is 418 g/mol. The topological polar surface area (TPSA) is 95.1 Å². The molecule has 0 amide bonds. The van der Waals surface area contributed by atoms with Crippen LogP contribution < -0.4 is 0 Å². The second-order valence-corrected chi connectivity index (χ2v) is 8.25. The van der Waals surface area contributed by atoms with E-state index in [1.165, 1.54) is 0 Å². The summed E-state index contributed by atoms with van der Waals surface area (Å²) in [5, 5.41) is 22.4. The summed E-state index contributed by atoms with van der Waals surface area (Å²) < 4.78 is 8.84. The average Bonchev–Trinajstić information content (AvgIpc) is 3.29. The quantitative estimate of drug-likeness (QED) is 0.439. The summed E-state index contributed by atoms with van der Waals surface area (Å²) in [7, 11) is 1.85. The number of carbonyl (C=O) groups excluding carboxylic acids is 1. The predicted octanol–water partition coefficient (Wildman–Crippen LogP) is 3.61. The number of nitrogens with zero attached hydrogens (tertiary/aromatic N) is 5. The van der Waals surface area contributed by atoms with Crippen molar-refractivity contribution in [2.45, 2.75) is 31.8 Å². The van der Waals surface area contributed by atoms with Gasteiger partial charge in [0.2, 0.25) is 0 Å². The summed E-state index contributed by atoms with van der Waals surface area (Å²) >= 11 is 0. The lowest BCUT2D eigenvalue weighted by molar-refractivity contribution is 0.0525. The van der Waals surface area contributed by atoms with E-state index >= 15 is 0 Å². The van der Waals surface area contributed by atoms with E-state index in [4.69, 9.17) is 4.74 Å². The monoisotopic (exact) mass is 443 g/mol. The first-order valence-electron chi connectivity index (χ1n) is 11.0. The molecule has 8 heteroatoms. The maximum atomic E-state index is 12.7. The van der Waals surface area contributed by atoms with Gasteiger partial charge < -0.3 is 9.84 Å². The highest BCUT2D eigenvalue weighted by molar-refractivity contribution is 5.91. The molecule has 0 unspecified atom stereocenters. The Bertz CT molecular complexity index is 1310. The molecule has 1 saturated carbocycles. The summed E-state index contributed by atoms with van der Waals surface area (Å²) in [6.45, 7) is 2.09. The Labute approximate surface area is 191 Å². The second kappa shape index (κ2) is 8.63. The highest BCUT2D eigenvalue weighted by Crippen LogP contribution is 2.55. The molecule has 0 saturated heterocycles. The van der Waals surface area contributed by atoms with Gasteiger partial charge in [-0.3, -0.25) is 4.68 Å². The molecular formula is C25H25N5O3. The van der Waals surface area contributed by atoms with E-state index in [2.05, 4.69) is 15.4 Å². The standard InChI is InChI=1S/C25H25N5O3/c1-3-33-25(32)22-13-26-30(24(22)21-12-20(21)23-14-29(2)28-27-23)19-9-5-8-18(11-19)17-7-4-6-16(10-17)15-31/h4-11,13-14,20-21,31H,3,12,15H2,1-2H3/t20-,21-/m1/s1. The fraction of sp³-hybridized carbons (Fsp3) is 0.280. The van der Waals surface area contributed by atoms with E-state index < -0.39 is 0 Å². The fourth-order valence-corrected chi connectivity index (χ4v) is 4.31. The first-order valence-corrected chi connectivity index (χ1v) is 11.0. The molecule has 4 aromatic rings. The van der Waals surface area contributed by atoms with Crippen LogP contribution in [-0.2, 0) is 18.4 Å². The Morgan fingerprint density at radius 2 is 1.94 bits per heavy atom. The molecule has 33 heavy (non-hydrogen) atoms. The van der Waals surface area contributed by atoms with Crippen molar-refractivity contribution in [2.75, 3.05) is 6.61 Å². The van der Waals surface area contributed by atoms with Crippen LogP contribution in [0.4, 0.5) is 0 Å². The number of ether oxygens (including phenoxy) is 1. The molecule has 0 bridgehead atoms. The Hall–Kier alpha value is -3.78. The van der Waals surface area contributed by atoms with E-state index in [1.807, 2.05) is 66.5 Å². The molecule has 5 rings (SSSR count). The third-order valence-electron chi connectivity index (χ3n) is 5.98. The molecule has 0 aliphatic heterocycles. The lowest BCUT2D eigenvalue weighted by Crippen LogP contribution is -2.09. The van der Waals surface area contributed by atoms with E-state index in [9.17, 15) is 9.90 Å². The molecule has 2 aromatic heterocycles. The number of aromatic nitrogens is 5. The van der Waals surface area contributed by atoms with Gasteiger partial charge in [-0.05, 0) is 48.2 Å². The van der Waals surface area contributed by atoms with Crippen molar-refractivity contribution in [3.05, 3.63) is 83.4 Å². The van der Waals surface area contributed by atoms with Gasteiger partial charge in [-0.15, -0.1) is 5.10 Å². The Morgan fingerprint density at radius 3 is 2.67 bits per heavy atom. The van der Waals surface area contributed by atoms with E-state index in [1.54, 1.807) is 17.8 Å². The van der Waals surface area contributed by atoms with E-state index in [0.29, 0.717) is 12.2 Å². The minimum atomic E-state index is -0.365. The van der Waals surface area contributed by atoms with Gasteiger partial charge in [0.15, 0.2) is 0 Å². The normalized spacial score (nSPS) is 17.2. The maximum Gasteiger partial charge on any atom is 0.341 e. The molecule has 2 aromatic carbocycles. The van der Waals surface area contributed by atoms with E-state index in [0.717, 1.165) is 40.2 Å². The summed E-state index contributed by atoms with van der Waals surface area (Å²) in [6.07, 6.45) is 4.39. The zero-order chi connectivity index (χ0) is 22.9. The summed E-state index contributed by atoms with van der Waals surface area (Å²) in [6, 6.07) is 15.8. The Morgan fingerprint density at radius 1 is 1.15 bits per heavy atom. The zero-order valence-corrected chi connectivity index (χ0v) is 18.5. The van der Waals surface area contributed by atoms with Gasteiger partial charge in [0.25, 0.3) is 0 Å². The fourth-order valence-electron chi connectivity index (χ4n) is 4.31. The van der Waals surface area contributed by atoms with Crippen LogP contribution in [0.15, 0.2) is 60.9 Å². The van der Waals surface area contributed by atoms with Crippen molar-refractivity contribution in [1.82, 2.24) is 24.8 Å². The number of aliphatic hydroxyl groups excluding tert-OH is 1. The molecule has 2 heterocycles. The lowest BCUT2D eigenvalue weighted by atomic mass is 10.0. The summed E-state index contributed by atoms with van der Waals surface area (Å²) in [5.74, 6) is -0.0768. The average molecular weight is 444 g/mol. The van der Waals surface area contributed by atoms with Crippen LogP contribution in [0.25, 0.3) is 16.8 Å². The van der Waals surface area contributed by atoms with Crippen molar-refractivity contribution in [3.63, 3.8) is 0 Å². The van der Waals surface area contributed by atoms with Crippen LogP contribution in [0.5, 0.6) is 0 Å². The van der Waals surface area contributed by atoms with Gasteiger partial charge in [0.1, 0.15) is 5.56 Å². The SMILES string of the molecule is CCOC(=O)c1cnn(-c2cccc(-c3cccc(CO)c3)c2)c1[C@@H]1C[C@H]1c1cn(C)nn1. The summed E-state index contributed by atoms with van der Waals surface area (Å²) in [5.41, 5.74) is 5.96. The molecule has 8 nitrogen and oxygen atoms in total. The van der Waals surface area contributed by atoms with Crippen LogP contribution >= 0.6 is 0 Å². The van der Waals surface area contributed by atoms with Crippen LogP contribution in [0, 0.1) is 0 Å². The smallest absolute Gasteiger partial charge is 0.341 e. The van der Waals surface area contributed by atoms with Gasteiger partial charge in [-0.1, -0.05) is 35.5 Å². The third-order valence-corrected chi connectivity index (χ3v) is 5.98. The van der Waals surface area contributed by atoms with Gasteiger partial charge in [-0.25, -0.2) is 9.48 Å². The van der Waals surface area contributed by atoms with Gasteiger partial charge in [0, 0.05) is 25.1 Å². The van der Waals surface area contributed by atoms with Crippen LogP contribution in [0.2, 0.25) is 0 Å². The van der Waals surface area contributed by atoms with Crippen LogP contribution in [-0.4, -0.2) is 42.5 Å². The second-order valence-electron chi connectivity index (χ2n) is 8.25. The van der Waals surface area contributed by atoms with Crippen molar-refractivity contribution in [2.24, 2.45) is 7.05 Å². The van der Waals surface area contributed by atoms with Crippen molar-refractivity contribution in [1.29, 1.82) is 0 Å². The van der Waals surface area contributed by atoms with Crippen molar-refractivity contribution < 1.29 is 14.6 Å². The van der Waals surface area contributed by atoms with Gasteiger partial charge >= 0.3 is 5.97 Å². The highest BCUT2D eigenvalue weighted by atomic mass is 16.5. The number of esters is 1. The number of aryl methyl sites for hydroxylation is 1. The number of rotatable bonds is 7. The summed E-state index contributed by atoms with van der Waals surface area (Å²) in [4.78, 5) is 12.7. The molecule has 0 radical (unpaired) electrons. The van der Waals surface area contributed by atoms with Crippen molar-refractivity contribution >= 4 is 5.97 Å². The van der Waals surface area contributed by atoms with Crippen LogP contribution in [0.3, 0.4) is 0 Å². The maximum absolute atomic E-state index is 12.7. The number of hydrogen-bond acceptors (Lipinski definition) is 6. The first-order chi connectivity index (χ1) is 16.1. The van der Waals surface area contributed by atoms with Crippen LogP contribution in [0.1, 0.15) is 52.5 Å². The molecule has 1 fully saturated rings. The predicted molar refractivity (Wildman–Crippen MR) is 122 cm³/mol. The minimum Gasteiger partial charge on any atom is -0.462 e. The third kappa shape index (κ3) is 4.05. The zero-order valence-electron chi connectivity index (χ0n) is 18.5. The van der Waals surface area contributed by atoms with Gasteiger partial charge in [0.05, 0.1) is 36.5 Å². The lowest BCUT2D eigenvalue weighted by Gasteiger charge is -2.11. The van der Waals surface area contributed by atoms with Crippen molar-refractivity contribution in [3.8, 4) is 16.8 Å².